The SMILES string of the molecule is CCCCCCCCCCCCSCC(=O)O.[Zn]. The van der Waals surface area contributed by atoms with Crippen molar-refractivity contribution in [3.8, 4) is 0 Å². The first-order chi connectivity index (χ1) is 8.27. The Hall–Kier alpha value is 0.443. The Labute approximate surface area is 129 Å². The van der Waals surface area contributed by atoms with Gasteiger partial charge in [0.15, 0.2) is 0 Å². The zero-order chi connectivity index (χ0) is 12.8. The maximum Gasteiger partial charge on any atom is 0.313 e. The summed E-state index contributed by atoms with van der Waals surface area (Å²) in [7, 11) is 0. The fourth-order valence-corrected chi connectivity index (χ4v) is 2.58. The first kappa shape index (κ1) is 20.8. The van der Waals surface area contributed by atoms with Gasteiger partial charge in [-0.15, -0.1) is 0 Å². The number of hydrogen-bond donors (Lipinski definition) is 1. The minimum atomic E-state index is -0.693. The number of aliphatic carboxylic acids is 1. The predicted octanol–water partition coefficient (Wildman–Crippen LogP) is 4.72. The molecule has 0 spiro atoms. The topological polar surface area (TPSA) is 37.3 Å². The average molecular weight is 326 g/mol. The first-order valence-corrected chi connectivity index (χ1v) is 8.22. The molecule has 0 unspecified atom stereocenters. The van der Waals surface area contributed by atoms with Crippen LogP contribution < -0.4 is 0 Å². The summed E-state index contributed by atoms with van der Waals surface area (Å²) in [5, 5.41) is 8.45. The van der Waals surface area contributed by atoms with Gasteiger partial charge in [-0.25, -0.2) is 0 Å². The molecule has 0 heterocycles. The summed E-state index contributed by atoms with van der Waals surface area (Å²) in [6.45, 7) is 2.25. The fraction of sp³-hybridized carbons (Fsp3) is 0.929. The number of carboxylic acids is 1. The molecule has 0 aromatic rings. The summed E-state index contributed by atoms with van der Waals surface area (Å²) in [5.41, 5.74) is 0. The molecule has 1 N–H and O–H groups in total. The van der Waals surface area contributed by atoms with Gasteiger partial charge in [-0.05, 0) is 12.2 Å². The number of unbranched alkanes of at least 4 members (excludes halogenated alkanes) is 9. The van der Waals surface area contributed by atoms with E-state index in [0.29, 0.717) is 0 Å². The van der Waals surface area contributed by atoms with E-state index in [2.05, 4.69) is 6.92 Å². The molecule has 2 nitrogen and oxygen atoms in total. The van der Waals surface area contributed by atoms with Crippen molar-refractivity contribution in [3.63, 3.8) is 0 Å². The van der Waals surface area contributed by atoms with Crippen LogP contribution in [0, 0.1) is 0 Å². The quantitative estimate of drug-likeness (QED) is 0.393. The van der Waals surface area contributed by atoms with Gasteiger partial charge in [0.05, 0.1) is 5.75 Å². The zero-order valence-corrected chi connectivity index (χ0v) is 15.7. The summed E-state index contributed by atoms with van der Waals surface area (Å²) >= 11 is 1.54. The van der Waals surface area contributed by atoms with E-state index in [9.17, 15) is 4.79 Å². The van der Waals surface area contributed by atoms with Crippen LogP contribution in [0.15, 0.2) is 0 Å². The molecular formula is C14H28O2SZn. The molecule has 0 aromatic carbocycles. The second kappa shape index (κ2) is 17.4. The number of carboxylic acid groups (broad SMARTS) is 1. The molecule has 4 heteroatoms. The fourth-order valence-electron chi connectivity index (χ4n) is 1.85. The molecule has 0 aliphatic heterocycles. The van der Waals surface area contributed by atoms with Crippen LogP contribution in [0.2, 0.25) is 0 Å². The number of thioether (sulfide) groups is 1. The molecule has 0 aliphatic carbocycles. The Bertz CT molecular complexity index is 177. The number of rotatable bonds is 13. The second-order valence-electron chi connectivity index (χ2n) is 4.63. The van der Waals surface area contributed by atoms with Crippen LogP contribution in [0.1, 0.15) is 71.1 Å². The van der Waals surface area contributed by atoms with Crippen molar-refractivity contribution in [1.82, 2.24) is 0 Å². The third-order valence-corrected chi connectivity index (χ3v) is 3.90. The molecule has 0 rings (SSSR count). The van der Waals surface area contributed by atoms with Gasteiger partial charge in [-0.1, -0.05) is 64.7 Å². The minimum absolute atomic E-state index is 0. The normalized spacial score (nSPS) is 10.1. The number of carbonyl (C=O) groups is 1. The predicted molar refractivity (Wildman–Crippen MR) is 76.8 cm³/mol. The molecule has 0 aliphatic rings. The van der Waals surface area contributed by atoms with Crippen molar-refractivity contribution in [1.29, 1.82) is 0 Å². The molecule has 0 amide bonds. The van der Waals surface area contributed by atoms with Crippen molar-refractivity contribution >= 4 is 17.7 Å². The maximum absolute atomic E-state index is 10.3. The largest absolute Gasteiger partial charge is 0.481 e. The van der Waals surface area contributed by atoms with Gasteiger partial charge in [-0.2, -0.15) is 11.8 Å². The summed E-state index contributed by atoms with van der Waals surface area (Å²) in [5.74, 6) is 0.572. The van der Waals surface area contributed by atoms with Gasteiger partial charge >= 0.3 is 5.97 Å². The van der Waals surface area contributed by atoms with E-state index in [1.54, 1.807) is 0 Å². The van der Waals surface area contributed by atoms with E-state index in [1.807, 2.05) is 0 Å². The summed E-state index contributed by atoms with van der Waals surface area (Å²) < 4.78 is 0. The van der Waals surface area contributed by atoms with Crippen LogP contribution in [0.4, 0.5) is 0 Å². The van der Waals surface area contributed by atoms with Crippen molar-refractivity contribution in [2.45, 2.75) is 71.1 Å². The smallest absolute Gasteiger partial charge is 0.313 e. The van der Waals surface area contributed by atoms with E-state index >= 15 is 0 Å². The molecule has 104 valence electrons. The minimum Gasteiger partial charge on any atom is -0.481 e. The standard InChI is InChI=1S/C14H28O2S.Zn/c1-2-3-4-5-6-7-8-9-10-11-12-17-13-14(15)16;/h2-13H2,1H3,(H,15,16);. The second-order valence-corrected chi connectivity index (χ2v) is 5.73. The van der Waals surface area contributed by atoms with Crippen molar-refractivity contribution in [2.24, 2.45) is 0 Å². The van der Waals surface area contributed by atoms with E-state index < -0.39 is 5.97 Å². The van der Waals surface area contributed by atoms with Gasteiger partial charge in [-0.3, -0.25) is 4.79 Å². The van der Waals surface area contributed by atoms with Gasteiger partial charge < -0.3 is 5.11 Å². The average Bonchev–Trinajstić information content (AvgIpc) is 2.30. The van der Waals surface area contributed by atoms with Gasteiger partial charge in [0.1, 0.15) is 0 Å². The van der Waals surface area contributed by atoms with Crippen molar-refractivity contribution < 1.29 is 29.4 Å². The molecule has 0 fully saturated rings. The molecule has 18 heavy (non-hydrogen) atoms. The van der Waals surface area contributed by atoms with Crippen LogP contribution in [-0.4, -0.2) is 22.6 Å². The van der Waals surface area contributed by atoms with Crippen molar-refractivity contribution in [3.05, 3.63) is 0 Å². The molecule has 0 saturated heterocycles. The van der Waals surface area contributed by atoms with Crippen LogP contribution in [0.3, 0.4) is 0 Å². The monoisotopic (exact) mass is 324 g/mol. The van der Waals surface area contributed by atoms with Crippen LogP contribution in [-0.2, 0) is 24.3 Å². The molecule has 0 saturated carbocycles. The summed E-state index contributed by atoms with van der Waals surface area (Å²) in [6, 6.07) is 0. The Morgan fingerprint density at radius 1 is 0.889 bits per heavy atom. The molecular weight excluding hydrogens is 298 g/mol. The Morgan fingerprint density at radius 3 is 1.78 bits per heavy atom. The molecule has 0 radical (unpaired) electrons. The molecule has 0 aromatic heterocycles. The van der Waals surface area contributed by atoms with Crippen molar-refractivity contribution in [2.75, 3.05) is 11.5 Å². The zero-order valence-electron chi connectivity index (χ0n) is 12.0. The first-order valence-electron chi connectivity index (χ1n) is 7.07. The van der Waals surface area contributed by atoms with Gasteiger partial charge in [0, 0.05) is 19.5 Å². The van der Waals surface area contributed by atoms with Crippen LogP contribution in [0.25, 0.3) is 0 Å². The third-order valence-electron chi connectivity index (χ3n) is 2.87. The van der Waals surface area contributed by atoms with Crippen LogP contribution >= 0.6 is 11.8 Å². The third kappa shape index (κ3) is 18.8. The van der Waals surface area contributed by atoms with E-state index in [0.717, 1.165) is 5.75 Å². The van der Waals surface area contributed by atoms with Gasteiger partial charge in [0.2, 0.25) is 0 Å². The summed E-state index contributed by atoms with van der Waals surface area (Å²) in [4.78, 5) is 10.3. The Morgan fingerprint density at radius 2 is 1.33 bits per heavy atom. The molecule has 0 atom stereocenters. The van der Waals surface area contributed by atoms with E-state index in [1.165, 1.54) is 76.0 Å². The molecule has 0 bridgehead atoms. The maximum atomic E-state index is 10.3. The summed E-state index contributed by atoms with van der Waals surface area (Å²) in [6.07, 6.45) is 13.4. The van der Waals surface area contributed by atoms with E-state index in [4.69, 9.17) is 5.11 Å². The van der Waals surface area contributed by atoms with Gasteiger partial charge in [0.25, 0.3) is 0 Å². The Balaban J connectivity index is 0. The van der Waals surface area contributed by atoms with Crippen LogP contribution in [0.5, 0.6) is 0 Å². The van der Waals surface area contributed by atoms with E-state index in [-0.39, 0.29) is 25.2 Å². The number of hydrogen-bond acceptors (Lipinski definition) is 2. The Kier molecular flexibility index (Phi) is 20.1.